The van der Waals surface area contributed by atoms with Gasteiger partial charge in [0, 0.05) is 38.2 Å². The van der Waals surface area contributed by atoms with Crippen molar-refractivity contribution >= 4 is 32.7 Å². The molecule has 0 aromatic heterocycles. The average molecular weight is 570 g/mol. The Morgan fingerprint density at radius 3 is 1.58 bits per heavy atom. The third-order valence-corrected chi connectivity index (χ3v) is 11.3. The van der Waals surface area contributed by atoms with E-state index in [9.17, 15) is 0 Å². The molecular formula is C32H38Cl2SiTi. The quantitative estimate of drug-likeness (QED) is 0.322. The summed E-state index contributed by atoms with van der Waals surface area (Å²) in [4.78, 5) is 0. The van der Waals surface area contributed by atoms with Crippen LogP contribution in [0.15, 0.2) is 103 Å². The van der Waals surface area contributed by atoms with Crippen LogP contribution in [0.2, 0.25) is 0 Å². The maximum absolute atomic E-state index is 7.53. The molecule has 0 fully saturated rings. The second-order valence-electron chi connectivity index (χ2n) is 12.1. The first-order valence-corrected chi connectivity index (χ1v) is 14.8. The van der Waals surface area contributed by atoms with Gasteiger partial charge in [0.1, 0.15) is 0 Å². The Kier molecular flexibility index (Phi) is 8.66. The predicted molar refractivity (Wildman–Crippen MR) is 157 cm³/mol. The van der Waals surface area contributed by atoms with Crippen LogP contribution in [0.3, 0.4) is 0 Å². The van der Waals surface area contributed by atoms with Crippen molar-refractivity contribution in [1.29, 1.82) is 0 Å². The SMILES string of the molecule is CC1=C(Cl)CC(C(C)(C)C)=C1[SiH2]C1=C(C(C)(C)C)C(c2ccccc2)(c2ccccc2)C(Cl)=C1C.[Ti]. The van der Waals surface area contributed by atoms with Gasteiger partial charge in [0.15, 0.2) is 0 Å². The molecule has 2 aromatic carbocycles. The van der Waals surface area contributed by atoms with E-state index in [4.69, 9.17) is 23.2 Å². The summed E-state index contributed by atoms with van der Waals surface area (Å²) in [7, 11) is -0.853. The summed E-state index contributed by atoms with van der Waals surface area (Å²) in [5, 5.41) is 4.99. The first-order valence-electron chi connectivity index (χ1n) is 12.6. The molecule has 0 N–H and O–H groups in total. The summed E-state index contributed by atoms with van der Waals surface area (Å²) in [6.45, 7) is 18.5. The second kappa shape index (κ2) is 10.6. The fraction of sp³-hybridized carbons (Fsp3) is 0.375. The normalized spacial score (nSPS) is 18.7. The van der Waals surface area contributed by atoms with Crippen LogP contribution < -0.4 is 0 Å². The third-order valence-electron chi connectivity index (χ3n) is 7.77. The van der Waals surface area contributed by atoms with Crippen molar-refractivity contribution in [3.8, 4) is 0 Å². The van der Waals surface area contributed by atoms with Gasteiger partial charge in [0.25, 0.3) is 0 Å². The largest absolute Gasteiger partial charge is 0.0885 e. The number of hydrogen-bond donors (Lipinski definition) is 0. The molecule has 0 aliphatic heterocycles. The van der Waals surface area contributed by atoms with Gasteiger partial charge in [0.05, 0.1) is 14.9 Å². The number of halogens is 2. The summed E-state index contributed by atoms with van der Waals surface area (Å²) in [5.41, 5.74) is 7.54. The fourth-order valence-electron chi connectivity index (χ4n) is 6.18. The molecule has 0 nitrogen and oxygen atoms in total. The number of allylic oxidation sites excluding steroid dienone is 8. The van der Waals surface area contributed by atoms with E-state index in [2.05, 4.69) is 116 Å². The minimum atomic E-state index is -0.853. The molecule has 0 heterocycles. The maximum Gasteiger partial charge on any atom is 0.0883 e. The molecule has 2 aromatic rings. The van der Waals surface area contributed by atoms with E-state index in [1.165, 1.54) is 43.8 Å². The fourth-order valence-corrected chi connectivity index (χ4v) is 10.2. The van der Waals surface area contributed by atoms with Gasteiger partial charge < -0.3 is 0 Å². The van der Waals surface area contributed by atoms with Crippen LogP contribution in [0.25, 0.3) is 0 Å². The molecule has 0 atom stereocenters. The van der Waals surface area contributed by atoms with Crippen LogP contribution >= 0.6 is 23.2 Å². The molecule has 0 radical (unpaired) electrons. The number of hydrogen-bond acceptors (Lipinski definition) is 0. The van der Waals surface area contributed by atoms with E-state index < -0.39 is 14.9 Å². The van der Waals surface area contributed by atoms with Crippen molar-refractivity contribution in [2.75, 3.05) is 0 Å². The summed E-state index contributed by atoms with van der Waals surface area (Å²) < 4.78 is 0. The van der Waals surface area contributed by atoms with E-state index in [0.29, 0.717) is 0 Å². The molecule has 2 aliphatic rings. The molecule has 0 saturated heterocycles. The zero-order valence-corrected chi connectivity index (χ0v) is 27.4. The van der Waals surface area contributed by atoms with Crippen LogP contribution in [0.4, 0.5) is 0 Å². The Morgan fingerprint density at radius 2 is 1.17 bits per heavy atom. The summed E-state index contributed by atoms with van der Waals surface area (Å²) in [6, 6.07) is 21.7. The molecule has 0 spiro atoms. The van der Waals surface area contributed by atoms with Gasteiger partial charge in [-0.25, -0.2) is 0 Å². The van der Waals surface area contributed by atoms with Gasteiger partial charge in [-0.3, -0.25) is 0 Å². The van der Waals surface area contributed by atoms with Gasteiger partial charge >= 0.3 is 0 Å². The van der Waals surface area contributed by atoms with E-state index in [1.807, 2.05) is 0 Å². The molecule has 4 rings (SSSR count). The molecule has 2 aliphatic carbocycles. The van der Waals surface area contributed by atoms with Crippen molar-refractivity contribution in [2.45, 2.75) is 67.2 Å². The van der Waals surface area contributed by atoms with Crippen LogP contribution in [0, 0.1) is 10.8 Å². The van der Waals surface area contributed by atoms with Crippen molar-refractivity contribution in [2.24, 2.45) is 10.8 Å². The smallest absolute Gasteiger partial charge is 0.0883 e. The Hall–Kier alpha value is -1.09. The minimum absolute atomic E-state index is 0. The van der Waals surface area contributed by atoms with Crippen molar-refractivity contribution < 1.29 is 21.7 Å². The van der Waals surface area contributed by atoms with Crippen molar-refractivity contribution in [1.82, 2.24) is 0 Å². The Morgan fingerprint density at radius 1 is 0.694 bits per heavy atom. The van der Waals surface area contributed by atoms with Crippen molar-refractivity contribution in [3.05, 3.63) is 115 Å². The second-order valence-corrected chi connectivity index (χ2v) is 14.7. The molecule has 0 unspecified atom stereocenters. The molecule has 4 heteroatoms. The van der Waals surface area contributed by atoms with E-state index in [-0.39, 0.29) is 32.5 Å². The standard InChI is InChI=1S/C32H38Cl2Si.Ti/c1-20-25(33)19-24(30(3,4)5)26(20)35-27-21(2)29(34)32(28(27)31(6,7)8,22-15-11-9-12-16-22)23-17-13-10-14-18-23;/h9-18H,19,35H2,1-8H3;. The first kappa shape index (κ1) is 29.5. The number of benzene rings is 2. The third kappa shape index (κ3) is 4.88. The summed E-state index contributed by atoms with van der Waals surface area (Å²) in [6.07, 6.45) is 0.885. The first-order chi connectivity index (χ1) is 16.3. The van der Waals surface area contributed by atoms with Gasteiger partial charge in [-0.2, -0.15) is 0 Å². The van der Waals surface area contributed by atoms with E-state index in [1.54, 1.807) is 0 Å². The Labute approximate surface area is 245 Å². The van der Waals surface area contributed by atoms with E-state index >= 15 is 0 Å². The molecule has 36 heavy (non-hydrogen) atoms. The maximum atomic E-state index is 7.53. The van der Waals surface area contributed by atoms with Gasteiger partial charge in [-0.15, -0.1) is 0 Å². The van der Waals surface area contributed by atoms with Gasteiger partial charge in [0.2, 0.25) is 0 Å². The van der Waals surface area contributed by atoms with Crippen molar-refractivity contribution in [3.63, 3.8) is 0 Å². The minimum Gasteiger partial charge on any atom is -0.0885 e. The Balaban J connectivity index is 0.00000361. The predicted octanol–water partition coefficient (Wildman–Crippen LogP) is 9.18. The van der Waals surface area contributed by atoms with Gasteiger partial charge in [-0.05, 0) is 52.5 Å². The summed E-state index contributed by atoms with van der Waals surface area (Å²) >= 11 is 14.3. The molecule has 0 amide bonds. The molecule has 188 valence electrons. The number of rotatable bonds is 4. The molecule has 0 saturated carbocycles. The molecular weight excluding hydrogens is 531 g/mol. The average Bonchev–Trinajstić information content (AvgIpc) is 3.21. The van der Waals surface area contributed by atoms with Gasteiger partial charge in [-0.1, -0.05) is 141 Å². The monoisotopic (exact) mass is 568 g/mol. The topological polar surface area (TPSA) is 0 Å². The zero-order chi connectivity index (χ0) is 25.8. The summed E-state index contributed by atoms with van der Waals surface area (Å²) in [5.74, 6) is 0. The molecule has 0 bridgehead atoms. The Bertz CT molecular complexity index is 1230. The van der Waals surface area contributed by atoms with E-state index in [0.717, 1.165) is 16.5 Å². The van der Waals surface area contributed by atoms with Crippen LogP contribution in [0.1, 0.15) is 72.9 Å². The van der Waals surface area contributed by atoms with Crippen LogP contribution in [-0.2, 0) is 27.1 Å². The zero-order valence-electron chi connectivity index (χ0n) is 22.9. The van der Waals surface area contributed by atoms with Crippen LogP contribution in [-0.4, -0.2) is 9.52 Å². The van der Waals surface area contributed by atoms with Crippen LogP contribution in [0.5, 0.6) is 0 Å².